The Kier molecular flexibility index (Phi) is 5.46. The first-order chi connectivity index (χ1) is 10.0. The van der Waals surface area contributed by atoms with Gasteiger partial charge in [0.2, 0.25) is 10.0 Å². The van der Waals surface area contributed by atoms with E-state index in [9.17, 15) is 8.42 Å². The van der Waals surface area contributed by atoms with E-state index in [1.807, 2.05) is 26.1 Å². The smallest absolute Gasteiger partial charge is 0.250 e. The third-order valence-electron chi connectivity index (χ3n) is 3.06. The summed E-state index contributed by atoms with van der Waals surface area (Å²) in [5.41, 5.74) is 2.06. The SMILES string of the molecule is CNCc1sc(S(=O)(=O)NCCc2ccncc2)cc1C. The van der Waals surface area contributed by atoms with Crippen molar-refractivity contribution in [3.8, 4) is 0 Å². The van der Waals surface area contributed by atoms with E-state index in [0.717, 1.165) is 16.0 Å². The summed E-state index contributed by atoms with van der Waals surface area (Å²) in [7, 11) is -1.58. The lowest BCUT2D eigenvalue weighted by molar-refractivity contribution is 0.583. The van der Waals surface area contributed by atoms with Crippen LogP contribution in [0.2, 0.25) is 0 Å². The van der Waals surface area contributed by atoms with Crippen LogP contribution in [0.4, 0.5) is 0 Å². The van der Waals surface area contributed by atoms with Crippen LogP contribution in [0.25, 0.3) is 0 Å². The molecular formula is C14H19N3O2S2. The molecule has 2 rings (SSSR count). The number of rotatable bonds is 7. The molecule has 2 N–H and O–H groups in total. The molecule has 114 valence electrons. The Balaban J connectivity index is 2.00. The topological polar surface area (TPSA) is 71.1 Å². The Morgan fingerprint density at radius 2 is 2.00 bits per heavy atom. The molecule has 0 unspecified atom stereocenters. The number of aryl methyl sites for hydroxylation is 1. The molecule has 0 aliphatic heterocycles. The molecule has 0 bridgehead atoms. The molecule has 5 nitrogen and oxygen atoms in total. The molecule has 7 heteroatoms. The molecule has 0 radical (unpaired) electrons. The van der Waals surface area contributed by atoms with Crippen molar-refractivity contribution in [1.29, 1.82) is 0 Å². The second-order valence-corrected chi connectivity index (χ2v) is 7.84. The minimum atomic E-state index is -3.43. The highest BCUT2D eigenvalue weighted by atomic mass is 32.2. The number of hydrogen-bond donors (Lipinski definition) is 2. The molecule has 2 heterocycles. The maximum atomic E-state index is 12.3. The average Bonchev–Trinajstić information content (AvgIpc) is 2.83. The summed E-state index contributed by atoms with van der Waals surface area (Å²) in [6, 6.07) is 5.50. The molecule has 2 aromatic heterocycles. The number of nitrogens with zero attached hydrogens (tertiary/aromatic N) is 1. The highest BCUT2D eigenvalue weighted by Gasteiger charge is 2.18. The molecule has 0 aromatic carbocycles. The van der Waals surface area contributed by atoms with E-state index in [-0.39, 0.29) is 0 Å². The second kappa shape index (κ2) is 7.13. The highest BCUT2D eigenvalue weighted by molar-refractivity contribution is 7.91. The number of nitrogens with one attached hydrogen (secondary N) is 2. The van der Waals surface area contributed by atoms with Gasteiger partial charge >= 0.3 is 0 Å². The molecule has 0 aliphatic rings. The fraction of sp³-hybridized carbons (Fsp3) is 0.357. The number of thiophene rings is 1. The fourth-order valence-electron chi connectivity index (χ4n) is 1.91. The van der Waals surface area contributed by atoms with Gasteiger partial charge in [-0.25, -0.2) is 13.1 Å². The van der Waals surface area contributed by atoms with Crippen LogP contribution in [0.3, 0.4) is 0 Å². The van der Waals surface area contributed by atoms with Crippen molar-refractivity contribution >= 4 is 21.4 Å². The lowest BCUT2D eigenvalue weighted by Crippen LogP contribution is -2.25. The van der Waals surface area contributed by atoms with Crippen molar-refractivity contribution in [3.05, 3.63) is 46.6 Å². The van der Waals surface area contributed by atoms with Crippen LogP contribution >= 0.6 is 11.3 Å². The van der Waals surface area contributed by atoms with Crippen molar-refractivity contribution in [2.45, 2.75) is 24.1 Å². The first-order valence-corrected chi connectivity index (χ1v) is 8.95. The molecule has 0 amide bonds. The summed E-state index contributed by atoms with van der Waals surface area (Å²) < 4.78 is 27.5. The van der Waals surface area contributed by atoms with Gasteiger partial charge < -0.3 is 5.32 Å². The predicted octanol–water partition coefficient (Wildman–Crippen LogP) is 1.69. The Labute approximate surface area is 129 Å². The average molecular weight is 325 g/mol. The molecular weight excluding hydrogens is 306 g/mol. The molecule has 2 aromatic rings. The standard InChI is InChI=1S/C14H19N3O2S2/c1-11-9-14(20-13(11)10-15-2)21(18,19)17-8-5-12-3-6-16-7-4-12/h3-4,6-7,9,15,17H,5,8,10H2,1-2H3. The highest BCUT2D eigenvalue weighted by Crippen LogP contribution is 2.25. The number of pyridine rings is 1. The van der Waals surface area contributed by atoms with Crippen LogP contribution < -0.4 is 10.0 Å². The summed E-state index contributed by atoms with van der Waals surface area (Å²) in [4.78, 5) is 4.98. The van der Waals surface area contributed by atoms with Gasteiger partial charge in [-0.1, -0.05) is 0 Å². The molecule has 0 aliphatic carbocycles. The molecule has 0 saturated heterocycles. The van der Waals surface area contributed by atoms with E-state index in [1.165, 1.54) is 11.3 Å². The summed E-state index contributed by atoms with van der Waals surface area (Å²) in [6.07, 6.45) is 4.06. The third-order valence-corrected chi connectivity index (χ3v) is 6.23. The van der Waals surface area contributed by atoms with Crippen molar-refractivity contribution in [3.63, 3.8) is 0 Å². The van der Waals surface area contributed by atoms with E-state index >= 15 is 0 Å². The van der Waals surface area contributed by atoms with Crippen LogP contribution in [0.1, 0.15) is 16.0 Å². The van der Waals surface area contributed by atoms with Gasteiger partial charge in [0.25, 0.3) is 0 Å². The number of aromatic nitrogens is 1. The fourth-order valence-corrected chi connectivity index (χ4v) is 4.58. The quantitative estimate of drug-likeness (QED) is 0.813. The van der Waals surface area contributed by atoms with Gasteiger partial charge in [0.1, 0.15) is 4.21 Å². The van der Waals surface area contributed by atoms with E-state index < -0.39 is 10.0 Å². The lowest BCUT2D eigenvalue weighted by atomic mass is 10.2. The van der Waals surface area contributed by atoms with Gasteiger partial charge in [0.05, 0.1) is 0 Å². The van der Waals surface area contributed by atoms with Gasteiger partial charge in [-0.3, -0.25) is 4.98 Å². The Bertz CT molecular complexity index is 681. The Morgan fingerprint density at radius 1 is 1.29 bits per heavy atom. The van der Waals surface area contributed by atoms with Crippen LogP contribution in [0, 0.1) is 6.92 Å². The molecule has 0 atom stereocenters. The van der Waals surface area contributed by atoms with E-state index in [1.54, 1.807) is 18.5 Å². The van der Waals surface area contributed by atoms with Gasteiger partial charge in [0.15, 0.2) is 0 Å². The lowest BCUT2D eigenvalue weighted by Gasteiger charge is -2.04. The monoisotopic (exact) mass is 325 g/mol. The van der Waals surface area contributed by atoms with E-state index in [2.05, 4.69) is 15.0 Å². The zero-order valence-electron chi connectivity index (χ0n) is 12.1. The Hall–Kier alpha value is -1.28. The normalized spacial score (nSPS) is 11.7. The largest absolute Gasteiger partial charge is 0.315 e. The van der Waals surface area contributed by atoms with Crippen molar-refractivity contribution < 1.29 is 8.42 Å². The first-order valence-electron chi connectivity index (χ1n) is 6.65. The van der Waals surface area contributed by atoms with E-state index in [4.69, 9.17) is 0 Å². The van der Waals surface area contributed by atoms with Crippen LogP contribution in [-0.4, -0.2) is 27.0 Å². The zero-order chi connectivity index (χ0) is 15.3. The van der Waals surface area contributed by atoms with Crippen molar-refractivity contribution in [1.82, 2.24) is 15.0 Å². The minimum Gasteiger partial charge on any atom is -0.315 e. The number of sulfonamides is 1. The summed E-state index contributed by atoms with van der Waals surface area (Å²) in [6.45, 7) is 2.99. The molecule has 0 fully saturated rings. The van der Waals surface area contributed by atoms with Crippen molar-refractivity contribution in [2.24, 2.45) is 0 Å². The second-order valence-electron chi connectivity index (χ2n) is 4.71. The summed E-state index contributed by atoms with van der Waals surface area (Å²) >= 11 is 1.31. The maximum Gasteiger partial charge on any atom is 0.250 e. The van der Waals surface area contributed by atoms with Gasteiger partial charge in [-0.05, 0) is 49.7 Å². The van der Waals surface area contributed by atoms with Crippen LogP contribution in [0.5, 0.6) is 0 Å². The minimum absolute atomic E-state index is 0.375. The Morgan fingerprint density at radius 3 is 2.67 bits per heavy atom. The van der Waals surface area contributed by atoms with Crippen LogP contribution in [0.15, 0.2) is 34.8 Å². The maximum absolute atomic E-state index is 12.3. The van der Waals surface area contributed by atoms with Crippen LogP contribution in [-0.2, 0) is 23.0 Å². The van der Waals surface area contributed by atoms with Gasteiger partial charge in [-0.2, -0.15) is 0 Å². The molecule has 0 saturated carbocycles. The first kappa shape index (κ1) is 16.1. The van der Waals surface area contributed by atoms with Gasteiger partial charge in [0, 0.05) is 30.4 Å². The molecule has 21 heavy (non-hydrogen) atoms. The van der Waals surface area contributed by atoms with Gasteiger partial charge in [-0.15, -0.1) is 11.3 Å². The van der Waals surface area contributed by atoms with E-state index in [0.29, 0.717) is 23.7 Å². The van der Waals surface area contributed by atoms with Crippen molar-refractivity contribution in [2.75, 3.05) is 13.6 Å². The summed E-state index contributed by atoms with van der Waals surface area (Å²) in [5.74, 6) is 0. The molecule has 0 spiro atoms. The predicted molar refractivity (Wildman–Crippen MR) is 84.9 cm³/mol. The summed E-state index contributed by atoms with van der Waals surface area (Å²) in [5, 5.41) is 3.04. The zero-order valence-corrected chi connectivity index (χ0v) is 13.7. The third kappa shape index (κ3) is 4.34. The number of hydrogen-bond acceptors (Lipinski definition) is 5.